The molecule has 0 saturated carbocycles. The van der Waals surface area contributed by atoms with Gasteiger partial charge < -0.3 is 9.73 Å². The van der Waals surface area contributed by atoms with Crippen LogP contribution in [0.3, 0.4) is 0 Å². The van der Waals surface area contributed by atoms with Crippen molar-refractivity contribution >= 4 is 11.3 Å². The molecule has 0 bridgehead atoms. The molecule has 1 aliphatic rings. The van der Waals surface area contributed by atoms with Crippen LogP contribution in [0.1, 0.15) is 53.3 Å². The highest BCUT2D eigenvalue weighted by Gasteiger charge is 2.21. The maximum absolute atomic E-state index is 5.62. The lowest BCUT2D eigenvalue weighted by Crippen LogP contribution is -2.21. The van der Waals surface area contributed by atoms with E-state index >= 15 is 0 Å². The first kappa shape index (κ1) is 12.9. The normalized spacial score (nSPS) is 16.3. The molecule has 0 fully saturated rings. The van der Waals surface area contributed by atoms with Crippen molar-refractivity contribution in [2.45, 2.75) is 45.1 Å². The van der Waals surface area contributed by atoms with E-state index < -0.39 is 0 Å². The maximum Gasteiger partial charge on any atom is 0.126 e. The van der Waals surface area contributed by atoms with Crippen LogP contribution in [0.15, 0.2) is 28.9 Å². The summed E-state index contributed by atoms with van der Waals surface area (Å²) in [7, 11) is 0. The molecule has 19 heavy (non-hydrogen) atoms. The summed E-state index contributed by atoms with van der Waals surface area (Å²) >= 11 is 1.97. The van der Waals surface area contributed by atoms with Crippen molar-refractivity contribution in [3.8, 4) is 0 Å². The van der Waals surface area contributed by atoms with Gasteiger partial charge in [-0.1, -0.05) is 6.92 Å². The average Bonchev–Trinajstić information content (AvgIpc) is 3.08. The molecule has 3 heteroatoms. The summed E-state index contributed by atoms with van der Waals surface area (Å²) in [4.78, 5) is 3.01. The van der Waals surface area contributed by atoms with Gasteiger partial charge in [-0.25, -0.2) is 0 Å². The molecule has 1 aliphatic carbocycles. The number of furan rings is 1. The van der Waals surface area contributed by atoms with Crippen molar-refractivity contribution < 1.29 is 4.42 Å². The summed E-state index contributed by atoms with van der Waals surface area (Å²) in [5, 5.41) is 3.61. The Bertz CT molecular complexity index is 491. The van der Waals surface area contributed by atoms with Crippen molar-refractivity contribution in [1.82, 2.24) is 5.32 Å². The van der Waals surface area contributed by atoms with E-state index in [2.05, 4.69) is 24.4 Å². The Labute approximate surface area is 118 Å². The standard InChI is InChI=1S/C16H21NOS/c1-2-9-17-16(13-7-5-10-18-13)15-11-12-6-3-4-8-14(12)19-15/h5,7,10-11,16-17H,2-4,6,8-9H2,1H3. The predicted molar refractivity (Wildman–Crippen MR) is 79.8 cm³/mol. The molecule has 1 N–H and O–H groups in total. The third-order valence-electron chi connectivity index (χ3n) is 3.73. The van der Waals surface area contributed by atoms with E-state index in [1.54, 1.807) is 16.7 Å². The smallest absolute Gasteiger partial charge is 0.126 e. The van der Waals surface area contributed by atoms with Crippen LogP contribution in [0.5, 0.6) is 0 Å². The minimum absolute atomic E-state index is 0.227. The largest absolute Gasteiger partial charge is 0.467 e. The highest BCUT2D eigenvalue weighted by atomic mass is 32.1. The summed E-state index contributed by atoms with van der Waals surface area (Å²) in [6, 6.07) is 6.68. The fraction of sp³-hybridized carbons (Fsp3) is 0.500. The van der Waals surface area contributed by atoms with Crippen LogP contribution in [0.2, 0.25) is 0 Å². The van der Waals surface area contributed by atoms with E-state index in [1.807, 2.05) is 17.4 Å². The maximum atomic E-state index is 5.62. The zero-order valence-electron chi connectivity index (χ0n) is 11.4. The van der Waals surface area contributed by atoms with E-state index in [4.69, 9.17) is 4.42 Å². The molecule has 2 aromatic heterocycles. The van der Waals surface area contributed by atoms with Gasteiger partial charge in [0.1, 0.15) is 11.8 Å². The molecule has 0 saturated heterocycles. The third kappa shape index (κ3) is 2.77. The first-order chi connectivity index (χ1) is 9.38. The molecular weight excluding hydrogens is 254 g/mol. The molecule has 2 heterocycles. The summed E-state index contributed by atoms with van der Waals surface area (Å²) < 4.78 is 5.62. The first-order valence-corrected chi connectivity index (χ1v) is 8.08. The number of thiophene rings is 1. The quantitative estimate of drug-likeness (QED) is 0.879. The second-order valence-corrected chi connectivity index (χ2v) is 6.38. The first-order valence-electron chi connectivity index (χ1n) is 7.26. The molecule has 0 aromatic carbocycles. The Morgan fingerprint density at radius 3 is 3.00 bits per heavy atom. The molecule has 2 nitrogen and oxygen atoms in total. The summed E-state index contributed by atoms with van der Waals surface area (Å²) in [6.07, 6.45) is 8.12. The number of hydrogen-bond acceptors (Lipinski definition) is 3. The molecule has 0 radical (unpaired) electrons. The van der Waals surface area contributed by atoms with Crippen LogP contribution in [-0.4, -0.2) is 6.54 Å². The zero-order valence-corrected chi connectivity index (χ0v) is 12.3. The van der Waals surface area contributed by atoms with Gasteiger partial charge in [0, 0.05) is 9.75 Å². The van der Waals surface area contributed by atoms with E-state index in [-0.39, 0.29) is 6.04 Å². The van der Waals surface area contributed by atoms with Crippen LogP contribution in [-0.2, 0) is 12.8 Å². The number of fused-ring (bicyclic) bond motifs is 1. The van der Waals surface area contributed by atoms with Crippen molar-refractivity contribution in [2.24, 2.45) is 0 Å². The zero-order chi connectivity index (χ0) is 13.1. The van der Waals surface area contributed by atoms with Crippen LogP contribution in [0.4, 0.5) is 0 Å². The minimum atomic E-state index is 0.227. The Balaban J connectivity index is 1.88. The molecule has 1 unspecified atom stereocenters. The lowest BCUT2D eigenvalue weighted by molar-refractivity contribution is 0.450. The van der Waals surface area contributed by atoms with Gasteiger partial charge in [-0.2, -0.15) is 0 Å². The van der Waals surface area contributed by atoms with Gasteiger partial charge in [0.05, 0.1) is 6.26 Å². The van der Waals surface area contributed by atoms with Crippen molar-refractivity contribution in [3.05, 3.63) is 45.5 Å². The van der Waals surface area contributed by atoms with Crippen molar-refractivity contribution in [3.63, 3.8) is 0 Å². The fourth-order valence-electron chi connectivity index (χ4n) is 2.74. The topological polar surface area (TPSA) is 25.2 Å². The van der Waals surface area contributed by atoms with Crippen LogP contribution < -0.4 is 5.32 Å². The van der Waals surface area contributed by atoms with E-state index in [1.165, 1.54) is 30.6 Å². The summed E-state index contributed by atoms with van der Waals surface area (Å²) in [5.41, 5.74) is 1.57. The molecule has 0 amide bonds. The number of hydrogen-bond donors (Lipinski definition) is 1. The molecule has 102 valence electrons. The Morgan fingerprint density at radius 1 is 1.37 bits per heavy atom. The van der Waals surface area contributed by atoms with Gasteiger partial charge >= 0.3 is 0 Å². The summed E-state index contributed by atoms with van der Waals surface area (Å²) in [5.74, 6) is 1.03. The van der Waals surface area contributed by atoms with Crippen LogP contribution in [0.25, 0.3) is 0 Å². The minimum Gasteiger partial charge on any atom is -0.467 e. The van der Waals surface area contributed by atoms with Gasteiger partial charge in [-0.15, -0.1) is 11.3 Å². The number of aryl methyl sites for hydroxylation is 2. The highest BCUT2D eigenvalue weighted by molar-refractivity contribution is 7.12. The van der Waals surface area contributed by atoms with Crippen molar-refractivity contribution in [1.29, 1.82) is 0 Å². The molecular formula is C16H21NOS. The van der Waals surface area contributed by atoms with Crippen LogP contribution in [0, 0.1) is 0 Å². The predicted octanol–water partition coefficient (Wildman–Crippen LogP) is 4.31. The Kier molecular flexibility index (Phi) is 4.04. The van der Waals surface area contributed by atoms with Gasteiger partial charge in [0.25, 0.3) is 0 Å². The number of nitrogens with one attached hydrogen (secondary N) is 1. The molecule has 1 atom stereocenters. The second-order valence-electron chi connectivity index (χ2n) is 5.21. The SMILES string of the molecule is CCCNC(c1ccco1)c1cc2c(s1)CCCC2. The van der Waals surface area contributed by atoms with Gasteiger partial charge in [-0.05, 0) is 62.4 Å². The molecule has 0 spiro atoms. The second kappa shape index (κ2) is 5.93. The Hall–Kier alpha value is -1.06. The fourth-order valence-corrected chi connectivity index (χ4v) is 4.08. The van der Waals surface area contributed by atoms with Gasteiger partial charge in [-0.3, -0.25) is 0 Å². The number of rotatable bonds is 5. The van der Waals surface area contributed by atoms with E-state index in [0.717, 1.165) is 18.7 Å². The average molecular weight is 275 g/mol. The molecule has 2 aromatic rings. The lowest BCUT2D eigenvalue weighted by Gasteiger charge is -2.14. The summed E-state index contributed by atoms with van der Waals surface area (Å²) in [6.45, 7) is 3.22. The lowest BCUT2D eigenvalue weighted by atomic mass is 9.98. The van der Waals surface area contributed by atoms with Crippen LogP contribution >= 0.6 is 11.3 Å². The van der Waals surface area contributed by atoms with E-state index in [0.29, 0.717) is 0 Å². The molecule has 3 rings (SSSR count). The third-order valence-corrected chi connectivity index (χ3v) is 5.03. The highest BCUT2D eigenvalue weighted by Crippen LogP contribution is 2.35. The van der Waals surface area contributed by atoms with E-state index in [9.17, 15) is 0 Å². The monoisotopic (exact) mass is 275 g/mol. The molecule has 0 aliphatic heterocycles. The van der Waals surface area contributed by atoms with Gasteiger partial charge in [0.15, 0.2) is 0 Å². The van der Waals surface area contributed by atoms with Gasteiger partial charge in [0.2, 0.25) is 0 Å². The Morgan fingerprint density at radius 2 is 2.26 bits per heavy atom. The van der Waals surface area contributed by atoms with Crippen molar-refractivity contribution in [2.75, 3.05) is 6.54 Å².